The van der Waals surface area contributed by atoms with Crippen molar-refractivity contribution < 1.29 is 18.9 Å². The van der Waals surface area contributed by atoms with E-state index in [0.717, 1.165) is 28.8 Å². The second kappa shape index (κ2) is 14.8. The Balaban J connectivity index is 1.29. The highest BCUT2D eigenvalue weighted by Crippen LogP contribution is 2.31. The molecule has 0 radical (unpaired) electrons. The van der Waals surface area contributed by atoms with Gasteiger partial charge in [-0.3, -0.25) is 28.6 Å². The number of hydrogen-bond donors (Lipinski definition) is 3. The van der Waals surface area contributed by atoms with Gasteiger partial charge < -0.3 is 15.7 Å². The highest BCUT2D eigenvalue weighted by molar-refractivity contribution is 7.84. The molecule has 3 N–H and O–H groups in total. The molecule has 240 valence electrons. The van der Waals surface area contributed by atoms with Crippen LogP contribution in [0.2, 0.25) is 0 Å². The van der Waals surface area contributed by atoms with Crippen LogP contribution in [0.4, 0.5) is 0 Å². The average Bonchev–Trinajstić information content (AvgIpc) is 3.32. The number of benzene rings is 2. The number of nitrogens with zero attached hydrogens (tertiary/aromatic N) is 3. The van der Waals surface area contributed by atoms with Gasteiger partial charge in [0.15, 0.2) is 0 Å². The standard InChI is InChI=1S/C35H45N5O4S/c1-35(2,3)38-34(43)30-22-39(21-26-12-9-15-36-20-26)16-17-40(30)24-45(44)23-28(18-25-10-5-4-6-11-25)33(42)37-32-29-14-8-7-13-27(29)19-31(32)41/h4-15,20,28,30-32,41H,16-19,21-24H2,1-3H3,(H,37,42)(H,38,43)/t28-,30+,31-,32+,45?/m1/s1. The number of nitrogens with one attached hydrogen (secondary N) is 2. The van der Waals surface area contributed by atoms with Crippen LogP contribution in [0.15, 0.2) is 79.1 Å². The maximum atomic E-state index is 13.8. The number of aliphatic hydroxyl groups excluding tert-OH is 1. The summed E-state index contributed by atoms with van der Waals surface area (Å²) in [6, 6.07) is 20.5. The first-order chi connectivity index (χ1) is 21.6. The van der Waals surface area contributed by atoms with Gasteiger partial charge in [0.2, 0.25) is 11.8 Å². The van der Waals surface area contributed by atoms with E-state index in [2.05, 4.69) is 20.5 Å². The molecule has 5 rings (SSSR count). The molecule has 9 nitrogen and oxygen atoms in total. The van der Waals surface area contributed by atoms with Crippen molar-refractivity contribution >= 4 is 22.6 Å². The van der Waals surface area contributed by atoms with Gasteiger partial charge in [0.25, 0.3) is 0 Å². The number of aliphatic hydroxyl groups is 1. The topological polar surface area (TPSA) is 115 Å². The van der Waals surface area contributed by atoms with Gasteiger partial charge in [0.1, 0.15) is 6.04 Å². The molecule has 2 aromatic carbocycles. The summed E-state index contributed by atoms with van der Waals surface area (Å²) in [5.74, 6) is -0.550. The molecule has 1 aliphatic heterocycles. The van der Waals surface area contributed by atoms with Crippen LogP contribution in [0.1, 0.15) is 49.1 Å². The quantitative estimate of drug-likeness (QED) is 0.298. The lowest BCUT2D eigenvalue weighted by Gasteiger charge is -2.41. The molecule has 1 aliphatic carbocycles. The zero-order chi connectivity index (χ0) is 32.0. The van der Waals surface area contributed by atoms with Crippen molar-refractivity contribution in [3.05, 3.63) is 101 Å². The third-order valence-corrected chi connectivity index (χ3v) is 9.79. The van der Waals surface area contributed by atoms with E-state index in [-0.39, 0.29) is 23.4 Å². The first kappa shape index (κ1) is 32.9. The molecule has 5 atom stereocenters. The Bertz CT molecular complexity index is 1470. The van der Waals surface area contributed by atoms with Crippen molar-refractivity contribution in [2.24, 2.45) is 5.92 Å². The fraction of sp³-hybridized carbons (Fsp3) is 0.457. The zero-order valence-electron chi connectivity index (χ0n) is 26.4. The molecule has 1 saturated heterocycles. The zero-order valence-corrected chi connectivity index (χ0v) is 27.2. The molecule has 0 bridgehead atoms. The lowest BCUT2D eigenvalue weighted by molar-refractivity contribution is -0.130. The van der Waals surface area contributed by atoms with E-state index in [9.17, 15) is 18.9 Å². The van der Waals surface area contributed by atoms with E-state index >= 15 is 0 Å². The molecule has 0 spiro atoms. The molecule has 1 aromatic heterocycles. The van der Waals surface area contributed by atoms with Crippen LogP contribution >= 0.6 is 0 Å². The van der Waals surface area contributed by atoms with Crippen LogP contribution < -0.4 is 10.6 Å². The Labute approximate surface area is 268 Å². The number of aromatic nitrogens is 1. The summed E-state index contributed by atoms with van der Waals surface area (Å²) in [5, 5.41) is 17.0. The molecule has 45 heavy (non-hydrogen) atoms. The molecule has 0 saturated carbocycles. The highest BCUT2D eigenvalue weighted by atomic mass is 32.2. The van der Waals surface area contributed by atoms with Crippen LogP contribution in [0.3, 0.4) is 0 Å². The first-order valence-electron chi connectivity index (χ1n) is 15.7. The van der Waals surface area contributed by atoms with E-state index in [4.69, 9.17) is 0 Å². The maximum Gasteiger partial charge on any atom is 0.239 e. The van der Waals surface area contributed by atoms with Crippen molar-refractivity contribution in [1.82, 2.24) is 25.4 Å². The lowest BCUT2D eigenvalue weighted by atomic mass is 9.99. The number of carbonyl (C=O) groups excluding carboxylic acids is 2. The van der Waals surface area contributed by atoms with Crippen molar-refractivity contribution in [2.45, 2.75) is 63.9 Å². The number of carbonyl (C=O) groups is 2. The molecule has 1 fully saturated rings. The van der Waals surface area contributed by atoms with Crippen molar-refractivity contribution in [1.29, 1.82) is 0 Å². The van der Waals surface area contributed by atoms with E-state index in [1.807, 2.05) is 98.6 Å². The summed E-state index contributed by atoms with van der Waals surface area (Å²) in [7, 11) is -1.41. The van der Waals surface area contributed by atoms with Gasteiger partial charge in [-0.1, -0.05) is 60.7 Å². The molecule has 3 aromatic rings. The summed E-state index contributed by atoms with van der Waals surface area (Å²) in [5.41, 5.74) is 3.61. The summed E-state index contributed by atoms with van der Waals surface area (Å²) < 4.78 is 13.8. The molecule has 1 unspecified atom stereocenters. The first-order valence-corrected chi connectivity index (χ1v) is 17.2. The van der Waals surface area contributed by atoms with E-state index < -0.39 is 40.4 Å². The second-order valence-corrected chi connectivity index (χ2v) is 14.7. The third kappa shape index (κ3) is 9.07. The van der Waals surface area contributed by atoms with Gasteiger partial charge in [-0.15, -0.1) is 0 Å². The molecule has 2 amide bonds. The summed E-state index contributed by atoms with van der Waals surface area (Å²) in [4.78, 5) is 35.8. The monoisotopic (exact) mass is 631 g/mol. The Morgan fingerprint density at radius 2 is 1.76 bits per heavy atom. The molecular weight excluding hydrogens is 586 g/mol. The fourth-order valence-corrected chi connectivity index (χ4v) is 7.74. The van der Waals surface area contributed by atoms with Gasteiger partial charge in [-0.25, -0.2) is 0 Å². The summed E-state index contributed by atoms with van der Waals surface area (Å²) >= 11 is 0. The minimum Gasteiger partial charge on any atom is -0.390 e. The van der Waals surface area contributed by atoms with Crippen LogP contribution in [0, 0.1) is 5.92 Å². The maximum absolute atomic E-state index is 13.8. The summed E-state index contributed by atoms with van der Waals surface area (Å²) in [6.45, 7) is 8.34. The minimum atomic E-state index is -1.41. The number of fused-ring (bicyclic) bond motifs is 1. The smallest absolute Gasteiger partial charge is 0.239 e. The number of amides is 2. The molecule has 2 heterocycles. The van der Waals surface area contributed by atoms with Crippen LogP contribution in [-0.2, 0) is 39.8 Å². The number of rotatable bonds is 11. The van der Waals surface area contributed by atoms with Gasteiger partial charge in [-0.05, 0) is 55.5 Å². The van der Waals surface area contributed by atoms with Gasteiger partial charge in [-0.2, -0.15) is 0 Å². The van der Waals surface area contributed by atoms with Crippen LogP contribution in [-0.4, -0.2) is 84.9 Å². The van der Waals surface area contributed by atoms with Gasteiger partial charge in [0, 0.05) is 67.1 Å². The van der Waals surface area contributed by atoms with Gasteiger partial charge >= 0.3 is 0 Å². The Morgan fingerprint density at radius 3 is 2.49 bits per heavy atom. The molecular formula is C35H45N5O4S. The third-order valence-electron chi connectivity index (χ3n) is 8.40. The van der Waals surface area contributed by atoms with Crippen molar-refractivity contribution in [3.8, 4) is 0 Å². The van der Waals surface area contributed by atoms with Crippen LogP contribution in [0.25, 0.3) is 0 Å². The lowest BCUT2D eigenvalue weighted by Crippen LogP contribution is -2.61. The van der Waals surface area contributed by atoms with E-state index in [1.165, 1.54) is 0 Å². The predicted molar refractivity (Wildman–Crippen MR) is 176 cm³/mol. The Kier molecular flexibility index (Phi) is 10.8. The highest BCUT2D eigenvalue weighted by Gasteiger charge is 2.37. The SMILES string of the molecule is CC(C)(C)NC(=O)[C@@H]1CN(Cc2cccnc2)CCN1CS(=O)C[C@@H](Cc1ccccc1)C(=O)N[C@H]1c2ccccc2C[C@H]1O. The largest absolute Gasteiger partial charge is 0.390 e. The molecule has 10 heteroatoms. The predicted octanol–water partition coefficient (Wildman–Crippen LogP) is 2.82. The number of hydrogen-bond acceptors (Lipinski definition) is 7. The number of pyridine rings is 1. The number of piperazine rings is 1. The normalized spacial score (nSPS) is 21.9. The van der Waals surface area contributed by atoms with E-state index in [0.29, 0.717) is 32.5 Å². The van der Waals surface area contributed by atoms with Crippen molar-refractivity contribution in [2.75, 3.05) is 31.3 Å². The van der Waals surface area contributed by atoms with Gasteiger partial charge in [0.05, 0.1) is 23.9 Å². The Hall–Kier alpha value is -3.44. The van der Waals surface area contributed by atoms with Crippen LogP contribution in [0.5, 0.6) is 0 Å². The minimum absolute atomic E-state index is 0.0946. The average molecular weight is 632 g/mol. The summed E-state index contributed by atoms with van der Waals surface area (Å²) in [6.07, 6.45) is 3.79. The fourth-order valence-electron chi connectivity index (χ4n) is 6.23. The van der Waals surface area contributed by atoms with E-state index in [1.54, 1.807) is 6.20 Å². The molecule has 2 aliphatic rings. The van der Waals surface area contributed by atoms with Crippen molar-refractivity contribution in [3.63, 3.8) is 0 Å². The Morgan fingerprint density at radius 1 is 1.02 bits per heavy atom. The second-order valence-electron chi connectivity index (χ2n) is 13.2.